The highest BCUT2D eigenvalue weighted by molar-refractivity contribution is 7.11. The average Bonchev–Trinajstić information content (AvgIpc) is 2.66. The van der Waals surface area contributed by atoms with E-state index in [4.69, 9.17) is 5.73 Å². The number of benzene rings is 1. The lowest BCUT2D eigenvalue weighted by molar-refractivity contribution is -0.117. The standard InChI is InChI=1S/C14H17N3OS/c1-9-13(19-10(2)17-9)8-16-12-5-3-11(4-6-12)7-14(15)18/h3-6,16H,7-8H2,1-2H3,(H2,15,18). The molecule has 1 amide bonds. The van der Waals surface area contributed by atoms with E-state index in [1.165, 1.54) is 4.88 Å². The minimum Gasteiger partial charge on any atom is -0.380 e. The fraction of sp³-hybridized carbons (Fsp3) is 0.286. The number of anilines is 1. The highest BCUT2D eigenvalue weighted by Crippen LogP contribution is 2.19. The Labute approximate surface area is 116 Å². The summed E-state index contributed by atoms with van der Waals surface area (Å²) in [6.07, 6.45) is 0.285. The zero-order valence-electron chi connectivity index (χ0n) is 11.1. The van der Waals surface area contributed by atoms with Crippen molar-refractivity contribution < 1.29 is 4.79 Å². The molecule has 1 heterocycles. The third kappa shape index (κ3) is 3.79. The zero-order valence-corrected chi connectivity index (χ0v) is 11.9. The summed E-state index contributed by atoms with van der Waals surface area (Å²) >= 11 is 1.71. The van der Waals surface area contributed by atoms with Gasteiger partial charge < -0.3 is 11.1 Å². The number of carbonyl (C=O) groups is 1. The van der Waals surface area contributed by atoms with Crippen molar-refractivity contribution >= 4 is 22.9 Å². The van der Waals surface area contributed by atoms with Crippen LogP contribution in [0, 0.1) is 13.8 Å². The maximum absolute atomic E-state index is 10.8. The van der Waals surface area contributed by atoms with Crippen LogP contribution in [0.3, 0.4) is 0 Å². The average molecular weight is 275 g/mol. The van der Waals surface area contributed by atoms with Gasteiger partial charge in [-0.05, 0) is 31.5 Å². The first-order valence-electron chi connectivity index (χ1n) is 6.08. The molecule has 5 heteroatoms. The molecule has 0 aliphatic rings. The summed E-state index contributed by atoms with van der Waals surface area (Å²) in [7, 11) is 0. The third-order valence-electron chi connectivity index (χ3n) is 2.78. The predicted octanol–water partition coefficient (Wildman–Crippen LogP) is 2.40. The van der Waals surface area contributed by atoms with E-state index in [1.807, 2.05) is 38.1 Å². The zero-order chi connectivity index (χ0) is 13.8. The molecule has 2 aromatic rings. The molecule has 3 N–H and O–H groups in total. The van der Waals surface area contributed by atoms with Crippen molar-refractivity contribution in [2.45, 2.75) is 26.8 Å². The Bertz CT molecular complexity index is 575. The monoisotopic (exact) mass is 275 g/mol. The number of nitrogens with zero attached hydrogens (tertiary/aromatic N) is 1. The normalized spacial score (nSPS) is 10.4. The quantitative estimate of drug-likeness (QED) is 0.880. The van der Waals surface area contributed by atoms with Gasteiger partial charge in [0.25, 0.3) is 0 Å². The first-order chi connectivity index (χ1) is 9.04. The van der Waals surface area contributed by atoms with Crippen LogP contribution in [-0.4, -0.2) is 10.9 Å². The number of aromatic nitrogens is 1. The fourth-order valence-corrected chi connectivity index (χ4v) is 2.74. The van der Waals surface area contributed by atoms with E-state index >= 15 is 0 Å². The van der Waals surface area contributed by atoms with Gasteiger partial charge in [0, 0.05) is 10.6 Å². The van der Waals surface area contributed by atoms with Crippen molar-refractivity contribution in [2.75, 3.05) is 5.32 Å². The van der Waals surface area contributed by atoms with Gasteiger partial charge in [-0.15, -0.1) is 11.3 Å². The number of nitrogens with one attached hydrogen (secondary N) is 1. The number of thiazole rings is 1. The maximum Gasteiger partial charge on any atom is 0.221 e. The third-order valence-corrected chi connectivity index (χ3v) is 3.86. The summed E-state index contributed by atoms with van der Waals surface area (Å²) in [6.45, 7) is 4.81. The van der Waals surface area contributed by atoms with Gasteiger partial charge in [-0.1, -0.05) is 12.1 Å². The lowest BCUT2D eigenvalue weighted by atomic mass is 10.1. The number of carbonyl (C=O) groups excluding carboxylic acids is 1. The second kappa shape index (κ2) is 5.84. The first kappa shape index (κ1) is 13.5. The molecule has 100 valence electrons. The summed E-state index contributed by atoms with van der Waals surface area (Å²) in [6, 6.07) is 7.75. The van der Waals surface area contributed by atoms with Crippen LogP contribution in [0.2, 0.25) is 0 Å². The molecule has 1 aromatic carbocycles. The number of rotatable bonds is 5. The summed E-state index contributed by atoms with van der Waals surface area (Å²) in [5, 5.41) is 4.44. The van der Waals surface area contributed by atoms with Gasteiger partial charge in [0.2, 0.25) is 5.91 Å². The Morgan fingerprint density at radius 2 is 2.00 bits per heavy atom. The van der Waals surface area contributed by atoms with Crippen molar-refractivity contribution in [3.8, 4) is 0 Å². The van der Waals surface area contributed by atoms with Crippen molar-refractivity contribution in [1.29, 1.82) is 0 Å². The summed E-state index contributed by atoms with van der Waals surface area (Å²) in [5.74, 6) is -0.309. The van der Waals surface area contributed by atoms with Crippen LogP contribution in [-0.2, 0) is 17.8 Å². The van der Waals surface area contributed by atoms with E-state index < -0.39 is 0 Å². The Morgan fingerprint density at radius 3 is 2.53 bits per heavy atom. The van der Waals surface area contributed by atoms with Gasteiger partial charge in [0.05, 0.1) is 23.7 Å². The van der Waals surface area contributed by atoms with Gasteiger partial charge in [-0.25, -0.2) is 4.98 Å². The van der Waals surface area contributed by atoms with Crippen LogP contribution in [0.4, 0.5) is 5.69 Å². The second-order valence-corrected chi connectivity index (χ2v) is 5.72. The fourth-order valence-electron chi connectivity index (χ4n) is 1.86. The van der Waals surface area contributed by atoms with Crippen molar-refractivity contribution in [2.24, 2.45) is 5.73 Å². The van der Waals surface area contributed by atoms with Crippen LogP contribution in [0.5, 0.6) is 0 Å². The highest BCUT2D eigenvalue weighted by atomic mass is 32.1. The largest absolute Gasteiger partial charge is 0.380 e. The molecule has 0 bridgehead atoms. The lowest BCUT2D eigenvalue weighted by Gasteiger charge is -2.06. The van der Waals surface area contributed by atoms with Crippen molar-refractivity contribution in [3.05, 3.63) is 45.4 Å². The van der Waals surface area contributed by atoms with E-state index in [0.717, 1.165) is 28.5 Å². The number of hydrogen-bond donors (Lipinski definition) is 2. The van der Waals surface area contributed by atoms with Crippen LogP contribution in [0.25, 0.3) is 0 Å². The number of nitrogens with two attached hydrogens (primary N) is 1. The molecule has 4 nitrogen and oxygen atoms in total. The van der Waals surface area contributed by atoms with Gasteiger partial charge in [0.15, 0.2) is 0 Å². The SMILES string of the molecule is Cc1nc(C)c(CNc2ccc(CC(N)=O)cc2)s1. The smallest absolute Gasteiger partial charge is 0.221 e. The van der Waals surface area contributed by atoms with Crippen LogP contribution < -0.4 is 11.1 Å². The van der Waals surface area contributed by atoms with E-state index in [9.17, 15) is 4.79 Å². The molecule has 0 saturated heterocycles. The maximum atomic E-state index is 10.8. The van der Waals surface area contributed by atoms with Crippen LogP contribution >= 0.6 is 11.3 Å². The Morgan fingerprint density at radius 1 is 1.32 bits per heavy atom. The molecule has 0 radical (unpaired) electrons. The van der Waals surface area contributed by atoms with Crippen molar-refractivity contribution in [3.63, 3.8) is 0 Å². The van der Waals surface area contributed by atoms with Gasteiger partial charge >= 0.3 is 0 Å². The van der Waals surface area contributed by atoms with Gasteiger partial charge in [0.1, 0.15) is 0 Å². The van der Waals surface area contributed by atoms with Crippen molar-refractivity contribution in [1.82, 2.24) is 4.98 Å². The first-order valence-corrected chi connectivity index (χ1v) is 6.90. The highest BCUT2D eigenvalue weighted by Gasteiger charge is 2.04. The predicted molar refractivity (Wildman–Crippen MR) is 78.3 cm³/mol. The van der Waals surface area contributed by atoms with Gasteiger partial charge in [-0.3, -0.25) is 4.79 Å². The van der Waals surface area contributed by atoms with Gasteiger partial charge in [-0.2, -0.15) is 0 Å². The molecule has 0 unspecified atom stereocenters. The van der Waals surface area contributed by atoms with E-state index in [2.05, 4.69) is 10.3 Å². The number of hydrogen-bond acceptors (Lipinski definition) is 4. The molecule has 0 atom stereocenters. The van der Waals surface area contributed by atoms with Crippen LogP contribution in [0.15, 0.2) is 24.3 Å². The Kier molecular flexibility index (Phi) is 4.16. The summed E-state index contributed by atoms with van der Waals surface area (Å²) < 4.78 is 0. The molecule has 0 saturated carbocycles. The van der Waals surface area contributed by atoms with E-state index in [-0.39, 0.29) is 12.3 Å². The lowest BCUT2D eigenvalue weighted by Crippen LogP contribution is -2.13. The second-order valence-electron chi connectivity index (χ2n) is 4.44. The topological polar surface area (TPSA) is 68.0 Å². The van der Waals surface area contributed by atoms with E-state index in [0.29, 0.717) is 0 Å². The minimum atomic E-state index is -0.309. The Hall–Kier alpha value is -1.88. The van der Waals surface area contributed by atoms with Crippen LogP contribution in [0.1, 0.15) is 21.1 Å². The van der Waals surface area contributed by atoms with E-state index in [1.54, 1.807) is 11.3 Å². The molecular formula is C14H17N3OS. The number of aryl methyl sites for hydroxylation is 2. The molecule has 0 aliphatic carbocycles. The number of amides is 1. The number of primary amides is 1. The summed E-state index contributed by atoms with van der Waals surface area (Å²) in [4.78, 5) is 16.5. The molecule has 0 spiro atoms. The Balaban J connectivity index is 1.96. The minimum absolute atomic E-state index is 0.285. The molecule has 2 rings (SSSR count). The molecular weight excluding hydrogens is 258 g/mol. The molecule has 0 fully saturated rings. The molecule has 0 aliphatic heterocycles. The molecule has 19 heavy (non-hydrogen) atoms. The summed E-state index contributed by atoms with van der Waals surface area (Å²) in [5.41, 5.74) is 8.20. The molecule has 1 aromatic heterocycles.